The van der Waals surface area contributed by atoms with Crippen LogP contribution in [0.15, 0.2) is 12.2 Å². The fraction of sp³-hybridized carbons (Fsp3) is 0.762. The Kier molecular flexibility index (Phi) is 7.69. The normalized spacial score (nSPS) is 32.8. The highest BCUT2D eigenvalue weighted by Crippen LogP contribution is 2.45. The van der Waals surface area contributed by atoms with E-state index in [4.69, 9.17) is 9.84 Å². The Labute approximate surface area is 156 Å². The van der Waals surface area contributed by atoms with Crippen LogP contribution in [-0.2, 0) is 9.53 Å². The molecule has 5 heteroatoms. The van der Waals surface area contributed by atoms with Gasteiger partial charge in [-0.2, -0.15) is 0 Å². The number of carboxylic acid groups (broad SMARTS) is 1. The highest BCUT2D eigenvalue weighted by atomic mass is 16.5. The minimum atomic E-state index is -0.919. The van der Waals surface area contributed by atoms with E-state index in [1.54, 1.807) is 19.9 Å². The molecule has 0 aromatic rings. The van der Waals surface area contributed by atoms with Crippen LogP contribution in [0.5, 0.6) is 0 Å². The number of fused-ring (bicyclic) bond motifs is 1. The standard InChI is InChI=1S/C21H32O5/c1-3-4-7-11-21(2,25)12-10-16-17-13-15(8-5-6-9-20(23)24)26-19(17)14-18(16)22/h10,12,15-19,22,25H,5-9,11,13-14H2,1-2H3,(H,23,24)/b12-10+/t15-,16-,17-,18-,19+,21?/m1/s1. The molecule has 0 aromatic heterocycles. The lowest BCUT2D eigenvalue weighted by atomic mass is 9.87. The fourth-order valence-corrected chi connectivity index (χ4v) is 4.12. The number of carboxylic acids is 1. The monoisotopic (exact) mass is 364 g/mol. The number of rotatable bonds is 9. The van der Waals surface area contributed by atoms with Gasteiger partial charge in [-0.1, -0.05) is 18.6 Å². The Morgan fingerprint density at radius 3 is 2.81 bits per heavy atom. The number of aliphatic carboxylic acids is 1. The zero-order chi connectivity index (χ0) is 19.2. The van der Waals surface area contributed by atoms with Crippen LogP contribution in [0, 0.1) is 23.7 Å². The van der Waals surface area contributed by atoms with E-state index >= 15 is 0 Å². The molecule has 1 saturated heterocycles. The van der Waals surface area contributed by atoms with E-state index in [0.717, 1.165) is 19.3 Å². The lowest BCUT2D eigenvalue weighted by Gasteiger charge is -2.21. The van der Waals surface area contributed by atoms with E-state index in [0.29, 0.717) is 25.7 Å². The van der Waals surface area contributed by atoms with Crippen molar-refractivity contribution in [2.45, 2.75) is 89.1 Å². The Morgan fingerprint density at radius 1 is 1.35 bits per heavy atom. The van der Waals surface area contributed by atoms with Gasteiger partial charge in [-0.15, -0.1) is 11.8 Å². The zero-order valence-corrected chi connectivity index (χ0v) is 15.9. The van der Waals surface area contributed by atoms with Gasteiger partial charge in [0.05, 0.1) is 23.9 Å². The highest BCUT2D eigenvalue weighted by molar-refractivity contribution is 5.66. The average Bonchev–Trinajstić information content (AvgIpc) is 3.06. The van der Waals surface area contributed by atoms with Crippen molar-refractivity contribution in [3.8, 4) is 11.8 Å². The van der Waals surface area contributed by atoms with Gasteiger partial charge in [-0.3, -0.25) is 4.79 Å². The van der Waals surface area contributed by atoms with Gasteiger partial charge in [0.1, 0.15) is 0 Å². The SMILES string of the molecule is CC#CCCC(C)(O)/C=C/[C@@H]1[C@H]2C[C@@H](CCCCC(=O)O)O[C@H]2C[C@H]1O. The molecule has 0 aromatic carbocycles. The van der Waals surface area contributed by atoms with Gasteiger partial charge in [0.15, 0.2) is 0 Å². The molecule has 2 fully saturated rings. The first-order valence-electron chi connectivity index (χ1n) is 9.69. The second-order valence-electron chi connectivity index (χ2n) is 7.86. The van der Waals surface area contributed by atoms with Crippen LogP contribution in [0.2, 0.25) is 0 Å². The molecule has 146 valence electrons. The largest absolute Gasteiger partial charge is 0.481 e. The van der Waals surface area contributed by atoms with Crippen molar-refractivity contribution >= 4 is 5.97 Å². The van der Waals surface area contributed by atoms with Crippen LogP contribution in [-0.4, -0.2) is 45.2 Å². The molecule has 0 spiro atoms. The number of hydrogen-bond donors (Lipinski definition) is 3. The third-order valence-corrected chi connectivity index (χ3v) is 5.57. The first-order chi connectivity index (χ1) is 12.3. The molecule has 6 atom stereocenters. The number of ether oxygens (including phenoxy) is 1. The van der Waals surface area contributed by atoms with Crippen molar-refractivity contribution in [2.24, 2.45) is 11.8 Å². The third kappa shape index (κ3) is 6.12. The Hall–Kier alpha value is -1.35. The van der Waals surface area contributed by atoms with Crippen molar-refractivity contribution in [3.05, 3.63) is 12.2 Å². The van der Waals surface area contributed by atoms with Gasteiger partial charge >= 0.3 is 5.97 Å². The molecule has 0 bridgehead atoms. The second kappa shape index (κ2) is 9.55. The summed E-state index contributed by atoms with van der Waals surface area (Å²) >= 11 is 0. The molecule has 2 rings (SSSR count). The Balaban J connectivity index is 1.85. The Bertz CT molecular complexity index is 556. The topological polar surface area (TPSA) is 87.0 Å². The summed E-state index contributed by atoms with van der Waals surface area (Å²) in [4.78, 5) is 10.6. The van der Waals surface area contributed by atoms with Crippen molar-refractivity contribution in [2.75, 3.05) is 0 Å². The van der Waals surface area contributed by atoms with Crippen LogP contribution >= 0.6 is 0 Å². The molecule has 5 nitrogen and oxygen atoms in total. The minimum Gasteiger partial charge on any atom is -0.481 e. The fourth-order valence-electron chi connectivity index (χ4n) is 4.12. The highest BCUT2D eigenvalue weighted by Gasteiger charge is 2.47. The van der Waals surface area contributed by atoms with E-state index in [9.17, 15) is 15.0 Å². The quantitative estimate of drug-likeness (QED) is 0.333. The van der Waals surface area contributed by atoms with E-state index in [-0.39, 0.29) is 30.5 Å². The van der Waals surface area contributed by atoms with Crippen LogP contribution in [0.25, 0.3) is 0 Å². The maximum Gasteiger partial charge on any atom is 0.303 e. The molecule has 1 saturated carbocycles. The molecular weight excluding hydrogens is 332 g/mol. The number of hydrogen-bond acceptors (Lipinski definition) is 4. The molecule has 1 heterocycles. The summed E-state index contributed by atoms with van der Waals surface area (Å²) in [5.41, 5.74) is -0.919. The number of carbonyl (C=O) groups is 1. The molecule has 2 aliphatic rings. The minimum absolute atomic E-state index is 0.00718. The van der Waals surface area contributed by atoms with E-state index in [1.165, 1.54) is 0 Å². The summed E-state index contributed by atoms with van der Waals surface area (Å²) in [5.74, 6) is 5.33. The van der Waals surface area contributed by atoms with E-state index < -0.39 is 17.7 Å². The van der Waals surface area contributed by atoms with Gasteiger partial charge in [-0.25, -0.2) is 0 Å². The molecule has 1 unspecified atom stereocenters. The lowest BCUT2D eigenvalue weighted by molar-refractivity contribution is -0.137. The molecule has 0 radical (unpaired) electrons. The third-order valence-electron chi connectivity index (χ3n) is 5.57. The smallest absolute Gasteiger partial charge is 0.303 e. The van der Waals surface area contributed by atoms with Gasteiger partial charge in [0.2, 0.25) is 0 Å². The van der Waals surface area contributed by atoms with E-state index in [1.807, 2.05) is 6.08 Å². The van der Waals surface area contributed by atoms with Crippen LogP contribution < -0.4 is 0 Å². The maximum atomic E-state index is 10.6. The van der Waals surface area contributed by atoms with Crippen LogP contribution in [0.4, 0.5) is 0 Å². The van der Waals surface area contributed by atoms with Crippen molar-refractivity contribution in [1.82, 2.24) is 0 Å². The van der Waals surface area contributed by atoms with E-state index in [2.05, 4.69) is 11.8 Å². The van der Waals surface area contributed by atoms with Crippen LogP contribution in [0.3, 0.4) is 0 Å². The van der Waals surface area contributed by atoms with Gasteiger partial charge in [0, 0.05) is 25.2 Å². The lowest BCUT2D eigenvalue weighted by Crippen LogP contribution is -2.23. The molecule has 1 aliphatic carbocycles. The van der Waals surface area contributed by atoms with Gasteiger partial charge in [-0.05, 0) is 45.4 Å². The van der Waals surface area contributed by atoms with Crippen molar-refractivity contribution in [3.63, 3.8) is 0 Å². The van der Waals surface area contributed by atoms with Crippen LogP contribution in [0.1, 0.15) is 65.2 Å². The van der Waals surface area contributed by atoms with Gasteiger partial charge in [0.25, 0.3) is 0 Å². The average molecular weight is 364 g/mol. The second-order valence-corrected chi connectivity index (χ2v) is 7.86. The van der Waals surface area contributed by atoms with Crippen molar-refractivity contribution in [1.29, 1.82) is 0 Å². The predicted octanol–water partition coefficient (Wildman–Crippen LogP) is 2.90. The zero-order valence-electron chi connectivity index (χ0n) is 15.9. The Morgan fingerprint density at radius 2 is 2.12 bits per heavy atom. The summed E-state index contributed by atoms with van der Waals surface area (Å²) in [6.45, 7) is 3.56. The number of aliphatic hydroxyl groups is 2. The number of aliphatic hydroxyl groups excluding tert-OH is 1. The summed E-state index contributed by atoms with van der Waals surface area (Å²) in [6.07, 6.45) is 8.93. The summed E-state index contributed by atoms with van der Waals surface area (Å²) in [6, 6.07) is 0. The molecule has 3 N–H and O–H groups in total. The first-order valence-corrected chi connectivity index (χ1v) is 9.69. The molecule has 26 heavy (non-hydrogen) atoms. The maximum absolute atomic E-state index is 10.6. The van der Waals surface area contributed by atoms with Crippen molar-refractivity contribution < 1.29 is 24.9 Å². The first kappa shape index (κ1) is 21.0. The number of unbranched alkanes of at least 4 members (excludes halogenated alkanes) is 1. The van der Waals surface area contributed by atoms with Gasteiger partial charge < -0.3 is 20.1 Å². The summed E-state index contributed by atoms with van der Waals surface area (Å²) < 4.78 is 6.08. The molecule has 0 amide bonds. The predicted molar refractivity (Wildman–Crippen MR) is 99.4 cm³/mol. The summed E-state index contributed by atoms with van der Waals surface area (Å²) in [7, 11) is 0. The molecular formula is C21H32O5. The molecule has 1 aliphatic heterocycles. The summed E-state index contributed by atoms with van der Waals surface area (Å²) in [5, 5.41) is 29.5.